The second-order valence-electron chi connectivity index (χ2n) is 2.98. The second kappa shape index (κ2) is 4.38. The lowest BCUT2D eigenvalue weighted by atomic mass is 10.2. The lowest BCUT2D eigenvalue weighted by molar-refractivity contribution is -0.197. The third-order valence-corrected chi connectivity index (χ3v) is 2.07. The van der Waals surface area contributed by atoms with Gasteiger partial charge in [-0.25, -0.2) is 0 Å². The van der Waals surface area contributed by atoms with Crippen molar-refractivity contribution in [1.82, 2.24) is 4.98 Å². The van der Waals surface area contributed by atoms with Gasteiger partial charge >= 0.3 is 6.18 Å². The van der Waals surface area contributed by atoms with E-state index in [-0.39, 0.29) is 0 Å². The van der Waals surface area contributed by atoms with Gasteiger partial charge in [0.05, 0.1) is 11.9 Å². The van der Waals surface area contributed by atoms with Crippen LogP contribution in [0.5, 0.6) is 0 Å². The van der Waals surface area contributed by atoms with Gasteiger partial charge in [-0.2, -0.15) is 21.6 Å². The van der Waals surface area contributed by atoms with E-state index >= 15 is 0 Å². The summed E-state index contributed by atoms with van der Waals surface area (Å²) >= 11 is 0. The Labute approximate surface area is 90.2 Å². The lowest BCUT2D eigenvalue weighted by Crippen LogP contribution is -2.26. The van der Waals surface area contributed by atoms with Crippen molar-refractivity contribution in [2.24, 2.45) is 0 Å². The molecular weight excluding hydrogens is 247 g/mol. The number of hydrogen-bond donors (Lipinski definition) is 0. The largest absolute Gasteiger partial charge is 0.421 e. The van der Waals surface area contributed by atoms with Gasteiger partial charge in [-0.15, -0.1) is 0 Å². The average molecular weight is 255 g/mol. The summed E-state index contributed by atoms with van der Waals surface area (Å²) in [7, 11) is -4.21. The zero-order chi connectivity index (χ0) is 12.4. The van der Waals surface area contributed by atoms with Crippen LogP contribution in [0, 0.1) is 0 Å². The van der Waals surface area contributed by atoms with Crippen LogP contribution in [0.15, 0.2) is 24.4 Å². The highest BCUT2D eigenvalue weighted by atomic mass is 32.2. The predicted octanol–water partition coefficient (Wildman–Crippen LogP) is 1.66. The highest BCUT2D eigenvalue weighted by molar-refractivity contribution is 7.86. The molecule has 0 radical (unpaired) electrons. The minimum Gasteiger partial charge on any atom is -0.258 e. The maximum Gasteiger partial charge on any atom is 0.421 e. The van der Waals surface area contributed by atoms with Gasteiger partial charge in [-0.1, -0.05) is 6.07 Å². The van der Waals surface area contributed by atoms with Crippen molar-refractivity contribution in [2.75, 3.05) is 6.26 Å². The fraction of sp³-hybridized carbons (Fsp3) is 0.375. The summed E-state index contributed by atoms with van der Waals surface area (Å²) in [5.74, 6) is 0. The molecule has 0 N–H and O–H groups in total. The minimum absolute atomic E-state index is 0.500. The molecule has 16 heavy (non-hydrogen) atoms. The number of pyridine rings is 1. The zero-order valence-corrected chi connectivity index (χ0v) is 8.92. The van der Waals surface area contributed by atoms with Crippen LogP contribution in [0.3, 0.4) is 0 Å². The summed E-state index contributed by atoms with van der Waals surface area (Å²) in [6.07, 6.45) is -5.73. The predicted molar refractivity (Wildman–Crippen MR) is 49.0 cm³/mol. The Morgan fingerprint density at radius 2 is 2.00 bits per heavy atom. The van der Waals surface area contributed by atoms with Crippen molar-refractivity contribution in [1.29, 1.82) is 0 Å². The first-order valence-corrected chi connectivity index (χ1v) is 5.88. The van der Waals surface area contributed by atoms with Crippen LogP contribution in [-0.4, -0.2) is 25.8 Å². The van der Waals surface area contributed by atoms with E-state index in [2.05, 4.69) is 9.17 Å². The first-order chi connectivity index (χ1) is 7.20. The number of nitrogens with zero attached hydrogens (tertiary/aromatic N) is 1. The minimum atomic E-state index is -4.84. The van der Waals surface area contributed by atoms with E-state index in [1.54, 1.807) is 0 Å². The molecule has 0 aromatic carbocycles. The van der Waals surface area contributed by atoms with E-state index in [1.807, 2.05) is 0 Å². The van der Waals surface area contributed by atoms with Crippen molar-refractivity contribution in [3.8, 4) is 0 Å². The molecule has 1 rings (SSSR count). The average Bonchev–Trinajstić information content (AvgIpc) is 2.13. The summed E-state index contributed by atoms with van der Waals surface area (Å²) in [5.41, 5.74) is -0.500. The Morgan fingerprint density at radius 1 is 1.38 bits per heavy atom. The van der Waals surface area contributed by atoms with Gasteiger partial charge in [0.1, 0.15) is 0 Å². The number of halogens is 3. The molecule has 0 aliphatic carbocycles. The fourth-order valence-corrected chi connectivity index (χ4v) is 1.53. The molecule has 0 saturated heterocycles. The molecule has 1 aromatic heterocycles. The van der Waals surface area contributed by atoms with Gasteiger partial charge < -0.3 is 0 Å². The van der Waals surface area contributed by atoms with Crippen LogP contribution >= 0.6 is 0 Å². The summed E-state index contributed by atoms with van der Waals surface area (Å²) in [6.45, 7) is 0. The standard InChI is InChI=1S/C8H8F3NO3S/c1-16(13,14)15-7(8(9,10)11)6-4-2-3-5-12-6/h2-5,7H,1H3. The Morgan fingerprint density at radius 3 is 2.38 bits per heavy atom. The van der Waals surface area contributed by atoms with Crippen LogP contribution in [0.4, 0.5) is 13.2 Å². The van der Waals surface area contributed by atoms with Crippen LogP contribution in [0.2, 0.25) is 0 Å². The molecule has 0 amide bonds. The molecule has 0 spiro atoms. The monoisotopic (exact) mass is 255 g/mol. The van der Waals surface area contributed by atoms with E-state index in [4.69, 9.17) is 0 Å². The van der Waals surface area contributed by atoms with Gasteiger partial charge in [0.25, 0.3) is 10.1 Å². The van der Waals surface area contributed by atoms with Gasteiger partial charge in [0, 0.05) is 6.20 Å². The topological polar surface area (TPSA) is 56.3 Å². The van der Waals surface area contributed by atoms with Gasteiger partial charge in [-0.3, -0.25) is 9.17 Å². The molecule has 0 bridgehead atoms. The van der Waals surface area contributed by atoms with Crippen molar-refractivity contribution in [3.05, 3.63) is 30.1 Å². The van der Waals surface area contributed by atoms with Crippen molar-refractivity contribution < 1.29 is 25.8 Å². The quantitative estimate of drug-likeness (QED) is 0.771. The molecule has 4 nitrogen and oxygen atoms in total. The third-order valence-electron chi connectivity index (χ3n) is 1.52. The maximum absolute atomic E-state index is 12.5. The molecular formula is C8H8F3NO3S. The molecule has 0 fully saturated rings. The second-order valence-corrected chi connectivity index (χ2v) is 4.58. The molecule has 1 aromatic rings. The maximum atomic E-state index is 12.5. The Bertz CT molecular complexity index is 443. The van der Waals surface area contributed by atoms with E-state index in [0.29, 0.717) is 6.26 Å². The summed E-state index contributed by atoms with van der Waals surface area (Å²) in [6, 6.07) is 3.77. The molecule has 90 valence electrons. The Balaban J connectivity index is 3.08. The number of rotatable bonds is 3. The third kappa shape index (κ3) is 3.78. The summed E-state index contributed by atoms with van der Waals surface area (Å²) in [5, 5.41) is 0. The lowest BCUT2D eigenvalue weighted by Gasteiger charge is -2.18. The zero-order valence-electron chi connectivity index (χ0n) is 8.10. The molecule has 8 heteroatoms. The smallest absolute Gasteiger partial charge is 0.258 e. The number of hydrogen-bond acceptors (Lipinski definition) is 4. The first-order valence-electron chi connectivity index (χ1n) is 4.06. The van der Waals surface area contributed by atoms with Crippen molar-refractivity contribution >= 4 is 10.1 Å². The summed E-state index contributed by atoms with van der Waals surface area (Å²) < 4.78 is 62.9. The van der Waals surface area contributed by atoms with Crippen LogP contribution in [-0.2, 0) is 14.3 Å². The molecule has 0 saturated carbocycles. The van der Waals surface area contributed by atoms with Gasteiger partial charge in [0.2, 0.25) is 6.10 Å². The van der Waals surface area contributed by atoms with Crippen LogP contribution < -0.4 is 0 Å². The van der Waals surface area contributed by atoms with Crippen molar-refractivity contribution in [3.63, 3.8) is 0 Å². The SMILES string of the molecule is CS(=O)(=O)OC(c1ccccn1)C(F)(F)F. The Kier molecular flexibility index (Phi) is 3.54. The summed E-state index contributed by atoms with van der Waals surface area (Å²) in [4.78, 5) is 3.42. The number of alkyl halides is 3. The fourth-order valence-electron chi connectivity index (χ4n) is 0.977. The Hall–Kier alpha value is -1.15. The van der Waals surface area contributed by atoms with Crippen LogP contribution in [0.25, 0.3) is 0 Å². The first kappa shape index (κ1) is 12.9. The molecule has 0 aliphatic heterocycles. The van der Waals surface area contributed by atoms with E-state index in [0.717, 1.165) is 12.3 Å². The van der Waals surface area contributed by atoms with Crippen molar-refractivity contribution in [2.45, 2.75) is 12.3 Å². The molecule has 1 unspecified atom stereocenters. The molecule has 0 aliphatic rings. The molecule has 1 heterocycles. The normalized spacial score (nSPS) is 14.8. The molecule has 1 atom stereocenters. The highest BCUT2D eigenvalue weighted by Crippen LogP contribution is 2.35. The van der Waals surface area contributed by atoms with E-state index in [1.165, 1.54) is 12.1 Å². The van der Waals surface area contributed by atoms with E-state index in [9.17, 15) is 21.6 Å². The number of aromatic nitrogens is 1. The van der Waals surface area contributed by atoms with Crippen LogP contribution in [0.1, 0.15) is 11.8 Å². The van der Waals surface area contributed by atoms with Gasteiger partial charge in [-0.05, 0) is 12.1 Å². The van der Waals surface area contributed by atoms with E-state index < -0.39 is 28.1 Å². The van der Waals surface area contributed by atoms with Gasteiger partial charge in [0.15, 0.2) is 0 Å². The highest BCUT2D eigenvalue weighted by Gasteiger charge is 2.45.